The monoisotopic (exact) mass is 396 g/mol. The molecule has 27 heavy (non-hydrogen) atoms. The number of benzene rings is 1. The van der Waals surface area contributed by atoms with Gasteiger partial charge in [-0.1, -0.05) is 11.6 Å². The van der Waals surface area contributed by atoms with Crippen molar-refractivity contribution >= 4 is 17.6 Å². The molecule has 7 heteroatoms. The molecule has 0 saturated carbocycles. The fourth-order valence-corrected chi connectivity index (χ4v) is 3.32. The molecule has 1 aromatic carbocycles. The van der Waals surface area contributed by atoms with Gasteiger partial charge in [-0.25, -0.2) is 0 Å². The number of nitrogens with zero attached hydrogens (tertiary/aromatic N) is 3. The number of likely N-dealkylation sites (N-methyl/N-ethyl adjacent to an activating group) is 1. The molecule has 6 nitrogen and oxygen atoms in total. The number of nitrogens with one attached hydrogen (secondary N) is 1. The number of hydrogen-bond acceptors (Lipinski definition) is 4. The fraction of sp³-hybridized carbons (Fsp3) is 0.650. The predicted molar refractivity (Wildman–Crippen MR) is 112 cm³/mol. The molecule has 1 saturated heterocycles. The van der Waals surface area contributed by atoms with Crippen LogP contribution in [0.15, 0.2) is 29.3 Å². The van der Waals surface area contributed by atoms with E-state index in [0.717, 1.165) is 51.0 Å². The summed E-state index contributed by atoms with van der Waals surface area (Å²) in [4.78, 5) is 8.98. The minimum Gasteiger partial charge on any atom is -0.492 e. The molecule has 2 rings (SSSR count). The van der Waals surface area contributed by atoms with E-state index in [1.54, 1.807) is 7.11 Å². The molecule has 152 valence electrons. The van der Waals surface area contributed by atoms with Gasteiger partial charge in [-0.2, -0.15) is 0 Å². The Balaban J connectivity index is 1.65. The zero-order valence-corrected chi connectivity index (χ0v) is 17.5. The first-order valence-corrected chi connectivity index (χ1v) is 10.0. The van der Waals surface area contributed by atoms with Crippen molar-refractivity contribution in [2.24, 2.45) is 10.9 Å². The third-order valence-electron chi connectivity index (χ3n) is 4.95. The van der Waals surface area contributed by atoms with E-state index >= 15 is 0 Å². The van der Waals surface area contributed by atoms with Crippen molar-refractivity contribution in [1.29, 1.82) is 0 Å². The van der Waals surface area contributed by atoms with E-state index in [9.17, 15) is 0 Å². The van der Waals surface area contributed by atoms with Crippen molar-refractivity contribution in [3.05, 3.63) is 29.3 Å². The summed E-state index contributed by atoms with van der Waals surface area (Å²) in [7, 11) is 5.62. The quantitative estimate of drug-likeness (QED) is 0.513. The highest BCUT2D eigenvalue weighted by molar-refractivity contribution is 6.30. The first kappa shape index (κ1) is 21.8. The second kappa shape index (κ2) is 12.1. The van der Waals surface area contributed by atoms with Gasteiger partial charge >= 0.3 is 0 Å². The van der Waals surface area contributed by atoms with Gasteiger partial charge in [0, 0.05) is 39.3 Å². The lowest BCUT2D eigenvalue weighted by atomic mass is 9.97. The SMILES string of the molecule is CN=C(NCC1CCN(CCOC)CC1)N(C)CCOc1ccc(Cl)cc1. The minimum absolute atomic E-state index is 0.594. The standard InChI is InChI=1S/C20H33ClN4O2/c1-22-20(23-16-17-8-10-25(11-9-17)13-14-26-3)24(2)12-15-27-19-6-4-18(21)5-7-19/h4-7,17H,8-16H2,1-3H3,(H,22,23). The molecule has 0 spiro atoms. The summed E-state index contributed by atoms with van der Waals surface area (Å²) >= 11 is 5.89. The van der Waals surface area contributed by atoms with E-state index in [1.807, 2.05) is 38.4 Å². The average molecular weight is 397 g/mol. The number of halogens is 1. The number of ether oxygens (including phenoxy) is 2. The Labute approximate surface area is 168 Å². The van der Waals surface area contributed by atoms with E-state index in [4.69, 9.17) is 21.1 Å². The lowest BCUT2D eigenvalue weighted by Gasteiger charge is -2.32. The Kier molecular flexibility index (Phi) is 9.73. The largest absolute Gasteiger partial charge is 0.492 e. The Morgan fingerprint density at radius 3 is 2.59 bits per heavy atom. The zero-order valence-electron chi connectivity index (χ0n) is 16.8. The van der Waals surface area contributed by atoms with Crippen LogP contribution in [0.2, 0.25) is 5.02 Å². The Morgan fingerprint density at radius 2 is 1.96 bits per heavy atom. The van der Waals surface area contributed by atoms with E-state index in [-0.39, 0.29) is 0 Å². The van der Waals surface area contributed by atoms with Gasteiger partial charge in [0.2, 0.25) is 0 Å². The number of guanidine groups is 1. The topological polar surface area (TPSA) is 49.3 Å². The van der Waals surface area contributed by atoms with E-state index in [2.05, 4.69) is 20.1 Å². The Hall–Kier alpha value is -1.50. The number of hydrogen-bond donors (Lipinski definition) is 1. The molecule has 0 unspecified atom stereocenters. The van der Waals surface area contributed by atoms with Crippen molar-refractivity contribution < 1.29 is 9.47 Å². The highest BCUT2D eigenvalue weighted by Gasteiger charge is 2.19. The van der Waals surface area contributed by atoms with Crippen LogP contribution in [0.3, 0.4) is 0 Å². The average Bonchev–Trinajstić information content (AvgIpc) is 2.69. The van der Waals surface area contributed by atoms with E-state index < -0.39 is 0 Å². The third kappa shape index (κ3) is 7.95. The molecule has 0 radical (unpaired) electrons. The lowest BCUT2D eigenvalue weighted by Crippen LogP contribution is -2.44. The molecule has 1 aliphatic rings. The normalized spacial score (nSPS) is 16.4. The number of piperidine rings is 1. The second-order valence-corrected chi connectivity index (χ2v) is 7.37. The molecular formula is C20H33ClN4O2. The van der Waals surface area contributed by atoms with Gasteiger partial charge in [-0.3, -0.25) is 4.99 Å². The van der Waals surface area contributed by atoms with Crippen LogP contribution in [0.1, 0.15) is 12.8 Å². The van der Waals surface area contributed by atoms with Crippen molar-refractivity contribution in [3.8, 4) is 5.75 Å². The van der Waals surface area contributed by atoms with Crippen molar-refractivity contribution in [1.82, 2.24) is 15.1 Å². The highest BCUT2D eigenvalue weighted by Crippen LogP contribution is 2.16. The summed E-state index contributed by atoms with van der Waals surface area (Å²) < 4.78 is 10.9. The van der Waals surface area contributed by atoms with Crippen LogP contribution in [0.25, 0.3) is 0 Å². The summed E-state index contributed by atoms with van der Waals surface area (Å²) in [6.07, 6.45) is 2.44. The summed E-state index contributed by atoms with van der Waals surface area (Å²) in [5.41, 5.74) is 0. The number of methoxy groups -OCH3 is 1. The summed E-state index contributed by atoms with van der Waals surface area (Å²) in [5.74, 6) is 2.44. The smallest absolute Gasteiger partial charge is 0.193 e. The van der Waals surface area contributed by atoms with Crippen LogP contribution in [0.4, 0.5) is 0 Å². The molecule has 1 fully saturated rings. The predicted octanol–water partition coefficient (Wildman–Crippen LogP) is 2.58. The maximum atomic E-state index is 5.89. The maximum absolute atomic E-state index is 5.89. The lowest BCUT2D eigenvalue weighted by molar-refractivity contribution is 0.120. The number of likely N-dealkylation sites (tertiary alicyclic amines) is 1. The van der Waals surface area contributed by atoms with E-state index in [1.165, 1.54) is 12.8 Å². The highest BCUT2D eigenvalue weighted by atomic mass is 35.5. The molecule has 1 N–H and O–H groups in total. The molecule has 1 heterocycles. The van der Waals surface area contributed by atoms with Gasteiger partial charge in [0.05, 0.1) is 13.2 Å². The van der Waals surface area contributed by atoms with Crippen LogP contribution >= 0.6 is 11.6 Å². The Bertz CT molecular complexity index is 560. The summed E-state index contributed by atoms with van der Waals surface area (Å²) in [6.45, 7) is 6.48. The molecule has 1 aliphatic heterocycles. The van der Waals surface area contributed by atoms with Gasteiger partial charge in [-0.15, -0.1) is 0 Å². The number of rotatable bonds is 9. The molecule has 0 amide bonds. The van der Waals surface area contributed by atoms with E-state index in [0.29, 0.717) is 17.5 Å². The summed E-state index contributed by atoms with van der Waals surface area (Å²) in [5, 5.41) is 4.23. The number of aliphatic imine (C=N–C) groups is 1. The van der Waals surface area contributed by atoms with Crippen molar-refractivity contribution in [2.75, 3.05) is 67.1 Å². The van der Waals surface area contributed by atoms with Crippen LogP contribution in [0, 0.1) is 5.92 Å². The second-order valence-electron chi connectivity index (χ2n) is 6.93. The fourth-order valence-electron chi connectivity index (χ4n) is 3.19. The molecule has 0 bridgehead atoms. The van der Waals surface area contributed by atoms with Crippen LogP contribution in [-0.2, 0) is 4.74 Å². The van der Waals surface area contributed by atoms with Gasteiger partial charge in [0.15, 0.2) is 5.96 Å². The van der Waals surface area contributed by atoms with Crippen molar-refractivity contribution in [3.63, 3.8) is 0 Å². The van der Waals surface area contributed by atoms with Gasteiger partial charge in [0.25, 0.3) is 0 Å². The molecule has 0 aromatic heterocycles. The zero-order chi connectivity index (χ0) is 19.5. The van der Waals surface area contributed by atoms with Gasteiger partial charge < -0.3 is 24.6 Å². The van der Waals surface area contributed by atoms with Crippen LogP contribution < -0.4 is 10.1 Å². The van der Waals surface area contributed by atoms with Crippen molar-refractivity contribution in [2.45, 2.75) is 12.8 Å². The van der Waals surface area contributed by atoms with Gasteiger partial charge in [0.1, 0.15) is 12.4 Å². The Morgan fingerprint density at radius 1 is 1.26 bits per heavy atom. The van der Waals surface area contributed by atoms with Crippen LogP contribution in [0.5, 0.6) is 5.75 Å². The first-order valence-electron chi connectivity index (χ1n) is 9.63. The molecule has 0 aliphatic carbocycles. The summed E-state index contributed by atoms with van der Waals surface area (Å²) in [6, 6.07) is 7.44. The van der Waals surface area contributed by atoms with Crippen LogP contribution in [-0.4, -0.2) is 82.9 Å². The molecule has 1 aromatic rings. The maximum Gasteiger partial charge on any atom is 0.193 e. The minimum atomic E-state index is 0.594. The third-order valence-corrected chi connectivity index (χ3v) is 5.20. The molecular weight excluding hydrogens is 364 g/mol. The first-order chi connectivity index (χ1) is 13.1. The molecule has 0 atom stereocenters. The van der Waals surface area contributed by atoms with Gasteiger partial charge in [-0.05, 0) is 56.1 Å².